The molecule has 0 atom stereocenters. The van der Waals surface area contributed by atoms with Gasteiger partial charge in [0.25, 0.3) is 0 Å². The van der Waals surface area contributed by atoms with Gasteiger partial charge in [0.05, 0.1) is 11.4 Å². The number of nitrogens with zero attached hydrogens (tertiary/aromatic N) is 2. The van der Waals surface area contributed by atoms with Crippen molar-refractivity contribution in [3.63, 3.8) is 0 Å². The van der Waals surface area contributed by atoms with E-state index in [1.54, 1.807) is 17.5 Å². The lowest BCUT2D eigenvalue weighted by Gasteiger charge is -2.03. The number of hydrogen-bond acceptors (Lipinski definition) is 5. The summed E-state index contributed by atoms with van der Waals surface area (Å²) in [5.74, 6) is 0.750. The lowest BCUT2D eigenvalue weighted by Crippen LogP contribution is -2.13. The molecule has 0 aliphatic carbocycles. The van der Waals surface area contributed by atoms with Crippen molar-refractivity contribution in [2.24, 2.45) is 5.10 Å². The van der Waals surface area contributed by atoms with E-state index in [0.717, 1.165) is 22.0 Å². The van der Waals surface area contributed by atoms with E-state index in [-0.39, 0.29) is 0 Å². The first-order valence-corrected chi connectivity index (χ1v) is 7.94. The molecule has 0 spiro atoms. The zero-order chi connectivity index (χ0) is 13.5. The summed E-state index contributed by atoms with van der Waals surface area (Å²) < 4.78 is 0.654. The first kappa shape index (κ1) is 14.2. The molecule has 2 aromatic heterocycles. The van der Waals surface area contributed by atoms with Crippen molar-refractivity contribution in [3.8, 4) is 0 Å². The van der Waals surface area contributed by atoms with Gasteiger partial charge in [-0.05, 0) is 30.5 Å². The van der Waals surface area contributed by atoms with Crippen LogP contribution in [-0.4, -0.2) is 15.0 Å². The standard InChI is InChI=1S/C13H13N3S3/c1-10(12-6-4-8-18-12)15-16-13(17)19-9-11-5-2-3-7-14-11/h2-8H,9H2,1H3,(H,16,17)/b15-10+. The topological polar surface area (TPSA) is 37.3 Å². The van der Waals surface area contributed by atoms with E-state index >= 15 is 0 Å². The predicted octanol–water partition coefficient (Wildman–Crippen LogP) is 3.68. The van der Waals surface area contributed by atoms with E-state index in [2.05, 4.69) is 15.5 Å². The zero-order valence-corrected chi connectivity index (χ0v) is 12.8. The number of aromatic nitrogens is 1. The van der Waals surface area contributed by atoms with E-state index < -0.39 is 0 Å². The average Bonchev–Trinajstić information content (AvgIpc) is 2.98. The molecule has 2 heterocycles. The molecule has 6 heteroatoms. The third-order valence-electron chi connectivity index (χ3n) is 2.27. The number of nitrogens with one attached hydrogen (secondary N) is 1. The molecule has 0 amide bonds. The van der Waals surface area contributed by atoms with E-state index in [4.69, 9.17) is 12.2 Å². The highest BCUT2D eigenvalue weighted by Gasteiger charge is 2.01. The molecule has 19 heavy (non-hydrogen) atoms. The Morgan fingerprint density at radius 2 is 2.32 bits per heavy atom. The Balaban J connectivity index is 1.80. The van der Waals surface area contributed by atoms with E-state index in [0.29, 0.717) is 4.32 Å². The fourth-order valence-corrected chi connectivity index (χ4v) is 2.78. The van der Waals surface area contributed by atoms with Crippen LogP contribution in [0.2, 0.25) is 0 Å². The van der Waals surface area contributed by atoms with Crippen LogP contribution in [0, 0.1) is 0 Å². The van der Waals surface area contributed by atoms with Gasteiger partial charge in [0.1, 0.15) is 0 Å². The Kier molecular flexibility index (Phi) is 5.50. The summed E-state index contributed by atoms with van der Waals surface area (Å²) in [6, 6.07) is 9.90. The van der Waals surface area contributed by atoms with Crippen LogP contribution >= 0.6 is 35.3 Å². The second kappa shape index (κ2) is 7.37. The second-order valence-electron chi connectivity index (χ2n) is 3.68. The number of hydrazone groups is 1. The van der Waals surface area contributed by atoms with Crippen LogP contribution in [0.3, 0.4) is 0 Å². The Hall–Kier alpha value is -1.24. The fraction of sp³-hybridized carbons (Fsp3) is 0.154. The van der Waals surface area contributed by atoms with Gasteiger partial charge in [0.2, 0.25) is 0 Å². The summed E-state index contributed by atoms with van der Waals surface area (Å²) in [5.41, 5.74) is 4.85. The molecule has 0 bridgehead atoms. The van der Waals surface area contributed by atoms with Gasteiger partial charge in [0, 0.05) is 16.8 Å². The minimum absolute atomic E-state index is 0.654. The molecule has 2 aromatic rings. The van der Waals surface area contributed by atoms with Crippen LogP contribution in [0.5, 0.6) is 0 Å². The highest BCUT2D eigenvalue weighted by atomic mass is 32.2. The summed E-state index contributed by atoms with van der Waals surface area (Å²) in [5, 5.41) is 6.30. The summed E-state index contributed by atoms with van der Waals surface area (Å²) >= 11 is 8.41. The van der Waals surface area contributed by atoms with E-state index in [1.807, 2.05) is 42.6 Å². The number of thiocarbonyl (C=S) groups is 1. The molecule has 0 aliphatic heterocycles. The van der Waals surface area contributed by atoms with Crippen molar-refractivity contribution in [2.45, 2.75) is 12.7 Å². The number of hydrogen-bond donors (Lipinski definition) is 1. The van der Waals surface area contributed by atoms with E-state index in [9.17, 15) is 0 Å². The minimum Gasteiger partial charge on any atom is -0.262 e. The second-order valence-corrected chi connectivity index (χ2v) is 6.28. The molecular weight excluding hydrogens is 294 g/mol. The monoisotopic (exact) mass is 307 g/mol. The van der Waals surface area contributed by atoms with Crippen LogP contribution in [-0.2, 0) is 5.75 Å². The summed E-state index contributed by atoms with van der Waals surface area (Å²) in [7, 11) is 0. The summed E-state index contributed by atoms with van der Waals surface area (Å²) in [4.78, 5) is 5.39. The fourth-order valence-electron chi connectivity index (χ4n) is 1.32. The smallest absolute Gasteiger partial charge is 0.154 e. The van der Waals surface area contributed by atoms with Crippen LogP contribution in [0.4, 0.5) is 0 Å². The highest BCUT2D eigenvalue weighted by molar-refractivity contribution is 8.22. The van der Waals surface area contributed by atoms with Crippen LogP contribution in [0.15, 0.2) is 47.0 Å². The number of pyridine rings is 1. The van der Waals surface area contributed by atoms with Gasteiger partial charge < -0.3 is 0 Å². The normalized spacial score (nSPS) is 11.3. The van der Waals surface area contributed by atoms with Gasteiger partial charge in [-0.25, -0.2) is 0 Å². The Labute approximate surface area is 126 Å². The first-order valence-electron chi connectivity index (χ1n) is 5.66. The third-order valence-corrected chi connectivity index (χ3v) is 4.49. The number of thiophene rings is 1. The molecule has 0 radical (unpaired) electrons. The van der Waals surface area contributed by atoms with Crippen LogP contribution in [0.1, 0.15) is 17.5 Å². The zero-order valence-electron chi connectivity index (χ0n) is 10.4. The molecule has 0 aromatic carbocycles. The molecule has 0 unspecified atom stereocenters. The van der Waals surface area contributed by atoms with Crippen molar-refractivity contribution in [1.82, 2.24) is 10.4 Å². The van der Waals surface area contributed by atoms with Gasteiger partial charge in [-0.2, -0.15) is 5.10 Å². The van der Waals surface area contributed by atoms with Gasteiger partial charge in [-0.1, -0.05) is 36.1 Å². The van der Waals surface area contributed by atoms with Crippen molar-refractivity contribution >= 4 is 45.3 Å². The molecule has 0 saturated carbocycles. The average molecular weight is 307 g/mol. The van der Waals surface area contributed by atoms with Crippen molar-refractivity contribution in [3.05, 3.63) is 52.5 Å². The molecule has 1 N–H and O–H groups in total. The van der Waals surface area contributed by atoms with Crippen molar-refractivity contribution in [1.29, 1.82) is 0 Å². The van der Waals surface area contributed by atoms with Crippen LogP contribution < -0.4 is 5.43 Å². The maximum Gasteiger partial charge on any atom is 0.154 e. The minimum atomic E-state index is 0.654. The molecule has 3 nitrogen and oxygen atoms in total. The largest absolute Gasteiger partial charge is 0.262 e. The molecule has 2 rings (SSSR count). The maximum absolute atomic E-state index is 5.22. The van der Waals surface area contributed by atoms with Gasteiger partial charge >= 0.3 is 0 Å². The summed E-state index contributed by atoms with van der Waals surface area (Å²) in [6.45, 7) is 1.96. The SMILES string of the molecule is C/C(=N\NC(=S)SCc1ccccn1)c1cccs1. The van der Waals surface area contributed by atoms with E-state index in [1.165, 1.54) is 11.8 Å². The number of rotatable bonds is 4. The molecular formula is C13H13N3S3. The van der Waals surface area contributed by atoms with Crippen molar-refractivity contribution < 1.29 is 0 Å². The predicted molar refractivity (Wildman–Crippen MR) is 87.8 cm³/mol. The van der Waals surface area contributed by atoms with Gasteiger partial charge in [0.15, 0.2) is 4.32 Å². The van der Waals surface area contributed by atoms with Gasteiger partial charge in [-0.15, -0.1) is 11.3 Å². The Morgan fingerprint density at radius 3 is 3.00 bits per heavy atom. The Morgan fingerprint density at radius 1 is 1.42 bits per heavy atom. The molecule has 0 aliphatic rings. The molecule has 0 fully saturated rings. The van der Waals surface area contributed by atoms with Crippen LogP contribution in [0.25, 0.3) is 0 Å². The number of thioether (sulfide) groups is 1. The third kappa shape index (κ3) is 4.74. The molecule has 98 valence electrons. The highest BCUT2D eigenvalue weighted by Crippen LogP contribution is 2.12. The lowest BCUT2D eigenvalue weighted by atomic mass is 10.3. The van der Waals surface area contributed by atoms with Crippen molar-refractivity contribution in [2.75, 3.05) is 0 Å². The quantitative estimate of drug-likeness (QED) is 0.531. The lowest BCUT2D eigenvalue weighted by molar-refractivity contribution is 1.06. The Bertz CT molecular complexity index is 550. The van der Waals surface area contributed by atoms with Gasteiger partial charge in [-0.3, -0.25) is 10.4 Å². The first-order chi connectivity index (χ1) is 9.25. The summed E-state index contributed by atoms with van der Waals surface area (Å²) in [6.07, 6.45) is 1.78. The maximum atomic E-state index is 5.22. The molecule has 0 saturated heterocycles.